The zero-order valence-electron chi connectivity index (χ0n) is 22.9. The molecule has 230 valence electrons. The van der Waals surface area contributed by atoms with Crippen LogP contribution in [0.3, 0.4) is 0 Å². The summed E-state index contributed by atoms with van der Waals surface area (Å²) >= 11 is 0.942. The number of aryl methyl sites for hydroxylation is 1. The molecular formula is C28H22F5N5O5S. The molecule has 1 heterocycles. The maximum atomic E-state index is 14.3. The average Bonchev–Trinajstić information content (AvgIpc) is 3.47. The molecular weight excluding hydrogens is 613 g/mol. The molecule has 0 spiro atoms. The third-order valence-electron chi connectivity index (χ3n) is 5.85. The molecule has 4 rings (SSSR count). The van der Waals surface area contributed by atoms with Crippen LogP contribution in [-0.2, 0) is 9.53 Å². The normalized spacial score (nSPS) is 10.9. The summed E-state index contributed by atoms with van der Waals surface area (Å²) in [7, 11) is 0. The van der Waals surface area contributed by atoms with Gasteiger partial charge < -0.3 is 20.5 Å². The molecule has 4 aromatic rings. The minimum Gasteiger partial charge on any atom is -0.506 e. The fraction of sp³-hybridized carbons (Fsp3) is 0.179. The highest BCUT2D eigenvalue weighted by atomic mass is 32.2. The van der Waals surface area contributed by atoms with Crippen molar-refractivity contribution in [3.8, 4) is 11.4 Å². The summed E-state index contributed by atoms with van der Waals surface area (Å²) in [6.07, 6.45) is 1.85. The van der Waals surface area contributed by atoms with Crippen LogP contribution >= 0.6 is 11.8 Å². The topological polar surface area (TPSA) is 135 Å². The Morgan fingerprint density at radius 2 is 1.52 bits per heavy atom. The molecule has 0 radical (unpaired) electrons. The number of amides is 2. The van der Waals surface area contributed by atoms with Gasteiger partial charge in [-0.3, -0.25) is 14.4 Å². The van der Waals surface area contributed by atoms with E-state index in [-0.39, 0.29) is 34.3 Å². The summed E-state index contributed by atoms with van der Waals surface area (Å²) in [4.78, 5) is 38.4. The van der Waals surface area contributed by atoms with E-state index in [9.17, 15) is 41.4 Å². The van der Waals surface area contributed by atoms with Crippen LogP contribution in [0, 0.1) is 36.0 Å². The van der Waals surface area contributed by atoms with Crippen molar-refractivity contribution < 1.29 is 46.2 Å². The van der Waals surface area contributed by atoms with E-state index < -0.39 is 63.9 Å². The Labute approximate surface area is 250 Å². The predicted octanol–water partition coefficient (Wildman–Crippen LogP) is 5.53. The molecule has 0 saturated carbocycles. The van der Waals surface area contributed by atoms with Crippen LogP contribution in [0.2, 0.25) is 0 Å². The van der Waals surface area contributed by atoms with E-state index in [1.165, 1.54) is 18.3 Å². The number of hydrogen-bond acceptors (Lipinski definition) is 8. The highest BCUT2D eigenvalue weighted by molar-refractivity contribution is 7.99. The number of nitrogens with one attached hydrogen (secondary N) is 2. The van der Waals surface area contributed by atoms with Crippen molar-refractivity contribution >= 4 is 40.9 Å². The van der Waals surface area contributed by atoms with Crippen LogP contribution < -0.4 is 10.6 Å². The molecule has 16 heteroatoms. The Hall–Kier alpha value is -4.99. The zero-order chi connectivity index (χ0) is 32.1. The summed E-state index contributed by atoms with van der Waals surface area (Å²) in [6.45, 7) is 3.86. The number of thioether (sulfide) groups is 1. The Kier molecular flexibility index (Phi) is 9.83. The number of rotatable bonds is 10. The number of anilines is 2. The Bertz CT molecular complexity index is 1720. The van der Waals surface area contributed by atoms with Crippen LogP contribution in [0.5, 0.6) is 5.75 Å². The van der Waals surface area contributed by atoms with Gasteiger partial charge in [0.1, 0.15) is 22.0 Å². The van der Waals surface area contributed by atoms with Gasteiger partial charge in [-0.05, 0) is 31.5 Å². The highest BCUT2D eigenvalue weighted by Gasteiger charge is 2.30. The summed E-state index contributed by atoms with van der Waals surface area (Å²) < 4.78 is 74.7. The van der Waals surface area contributed by atoms with Crippen LogP contribution in [0.15, 0.2) is 47.6 Å². The zero-order valence-corrected chi connectivity index (χ0v) is 23.7. The van der Waals surface area contributed by atoms with E-state index in [1.54, 1.807) is 12.1 Å². The second-order valence-corrected chi connectivity index (χ2v) is 10.1. The largest absolute Gasteiger partial charge is 0.506 e. The number of benzene rings is 3. The number of phenols is 1. The number of ether oxygens (including phenoxy) is 1. The van der Waals surface area contributed by atoms with Gasteiger partial charge in [-0.2, -0.15) is 5.10 Å². The lowest BCUT2D eigenvalue weighted by Crippen LogP contribution is -2.21. The Balaban J connectivity index is 1.71. The third kappa shape index (κ3) is 6.96. The molecule has 3 aromatic carbocycles. The van der Waals surface area contributed by atoms with E-state index in [4.69, 9.17) is 4.74 Å². The number of hydrogen-bond donors (Lipinski definition) is 3. The van der Waals surface area contributed by atoms with Gasteiger partial charge in [0.05, 0.1) is 29.9 Å². The Morgan fingerprint density at radius 3 is 2.16 bits per heavy atom. The van der Waals surface area contributed by atoms with Gasteiger partial charge in [0.25, 0.3) is 11.8 Å². The van der Waals surface area contributed by atoms with Crippen molar-refractivity contribution in [2.24, 2.45) is 0 Å². The SMILES string of the molecule is CCCOC(=O)CSc1cnn(-c2cc(NC(=O)c3ccc(C)cc3)c(O)cc2NC(=O)c2c(F)c(F)c(F)c(F)c2F)n1. The number of aromatic nitrogens is 3. The maximum absolute atomic E-state index is 14.3. The van der Waals surface area contributed by atoms with Gasteiger partial charge in [0.2, 0.25) is 5.82 Å². The molecule has 0 saturated heterocycles. The fourth-order valence-corrected chi connectivity index (χ4v) is 4.26. The minimum absolute atomic E-state index is 0.129. The van der Waals surface area contributed by atoms with Crippen molar-refractivity contribution in [1.29, 1.82) is 0 Å². The van der Waals surface area contributed by atoms with Crippen LogP contribution in [0.4, 0.5) is 33.3 Å². The van der Waals surface area contributed by atoms with Gasteiger partial charge in [0.15, 0.2) is 23.3 Å². The molecule has 44 heavy (non-hydrogen) atoms. The number of esters is 1. The van der Waals surface area contributed by atoms with Crippen molar-refractivity contribution in [3.05, 3.63) is 88.4 Å². The lowest BCUT2D eigenvalue weighted by atomic mass is 10.1. The number of phenolic OH excluding ortho intramolecular Hbond substituents is 1. The number of nitrogens with zero attached hydrogens (tertiary/aromatic N) is 3. The van der Waals surface area contributed by atoms with Crippen molar-refractivity contribution in [3.63, 3.8) is 0 Å². The van der Waals surface area contributed by atoms with Crippen molar-refractivity contribution in [2.75, 3.05) is 23.0 Å². The third-order valence-corrected chi connectivity index (χ3v) is 6.72. The molecule has 1 aromatic heterocycles. The number of halogens is 5. The van der Waals surface area contributed by atoms with E-state index in [0.717, 1.165) is 34.3 Å². The first-order chi connectivity index (χ1) is 20.9. The number of aromatic hydroxyl groups is 1. The molecule has 2 amide bonds. The second kappa shape index (κ2) is 13.5. The van der Waals surface area contributed by atoms with Gasteiger partial charge in [-0.1, -0.05) is 36.4 Å². The van der Waals surface area contributed by atoms with Gasteiger partial charge >= 0.3 is 5.97 Å². The van der Waals surface area contributed by atoms with E-state index in [1.807, 2.05) is 19.2 Å². The van der Waals surface area contributed by atoms with Crippen LogP contribution in [0.1, 0.15) is 39.6 Å². The van der Waals surface area contributed by atoms with Crippen LogP contribution in [0.25, 0.3) is 5.69 Å². The first-order valence-corrected chi connectivity index (χ1v) is 13.7. The smallest absolute Gasteiger partial charge is 0.316 e. The first-order valence-electron chi connectivity index (χ1n) is 12.7. The standard InChI is InChI=1S/C28H22F5N5O5S/c1-3-8-43-20(40)12-44-19-11-34-38(37-19)17-9-16(36-27(41)14-6-4-13(2)5-7-14)18(39)10-15(17)35-28(42)21-22(29)24(31)26(33)25(32)23(21)30/h4-7,9-11,39H,3,8,12H2,1-2H3,(H,35,42)(H,36,41). The molecule has 3 N–H and O–H groups in total. The minimum atomic E-state index is -2.45. The Morgan fingerprint density at radius 1 is 0.909 bits per heavy atom. The molecule has 0 aliphatic heterocycles. The molecule has 0 unspecified atom stereocenters. The lowest BCUT2D eigenvalue weighted by molar-refractivity contribution is -0.140. The molecule has 0 aliphatic carbocycles. The van der Waals surface area contributed by atoms with Crippen molar-refractivity contribution in [2.45, 2.75) is 25.3 Å². The number of carbonyl (C=O) groups excluding carboxylic acids is 3. The molecule has 0 bridgehead atoms. The molecule has 0 aliphatic rings. The summed E-state index contributed by atoms with van der Waals surface area (Å²) in [5.41, 5.74) is -1.53. The first kappa shape index (κ1) is 31.9. The van der Waals surface area contributed by atoms with Gasteiger partial charge in [0, 0.05) is 11.6 Å². The maximum Gasteiger partial charge on any atom is 0.316 e. The highest BCUT2D eigenvalue weighted by Crippen LogP contribution is 2.34. The lowest BCUT2D eigenvalue weighted by Gasteiger charge is -2.15. The molecule has 0 fully saturated rings. The predicted molar refractivity (Wildman–Crippen MR) is 148 cm³/mol. The van der Waals surface area contributed by atoms with Crippen molar-refractivity contribution in [1.82, 2.24) is 15.0 Å². The van der Waals surface area contributed by atoms with Gasteiger partial charge in [-0.15, -0.1) is 9.90 Å². The van der Waals surface area contributed by atoms with Gasteiger partial charge in [-0.25, -0.2) is 22.0 Å². The quantitative estimate of drug-likeness (QED) is 0.0518. The fourth-order valence-electron chi connectivity index (χ4n) is 3.65. The summed E-state index contributed by atoms with van der Waals surface area (Å²) in [5, 5.41) is 23.5. The summed E-state index contributed by atoms with van der Waals surface area (Å²) in [6, 6.07) is 8.38. The average molecular weight is 636 g/mol. The van der Waals surface area contributed by atoms with E-state index in [0.29, 0.717) is 6.42 Å². The summed E-state index contributed by atoms with van der Waals surface area (Å²) in [5.74, 6) is -15.6. The molecule has 10 nitrogen and oxygen atoms in total. The van der Waals surface area contributed by atoms with E-state index >= 15 is 0 Å². The molecule has 0 atom stereocenters. The number of carbonyl (C=O) groups is 3. The van der Waals surface area contributed by atoms with E-state index in [2.05, 4.69) is 15.5 Å². The van der Waals surface area contributed by atoms with Crippen LogP contribution in [-0.4, -0.2) is 50.2 Å². The second-order valence-electron chi connectivity index (χ2n) is 9.09. The monoisotopic (exact) mass is 635 g/mol.